The molecule has 0 saturated heterocycles. The molecule has 5 nitrogen and oxygen atoms in total. The van der Waals surface area contributed by atoms with Crippen LogP contribution < -0.4 is 10.6 Å². The van der Waals surface area contributed by atoms with Gasteiger partial charge in [0.2, 0.25) is 0 Å². The van der Waals surface area contributed by atoms with Crippen LogP contribution in [-0.2, 0) is 0 Å². The average Bonchev–Trinajstić information content (AvgIpc) is 2.53. The number of nitrogens with one attached hydrogen (secondary N) is 1. The Hall–Kier alpha value is -1.69. The van der Waals surface area contributed by atoms with Crippen LogP contribution in [0.5, 0.6) is 0 Å². The van der Waals surface area contributed by atoms with Crippen LogP contribution in [0.2, 0.25) is 0 Å². The van der Waals surface area contributed by atoms with E-state index in [0.717, 1.165) is 11.3 Å². The van der Waals surface area contributed by atoms with Crippen molar-refractivity contribution in [3.8, 4) is 10.7 Å². The van der Waals surface area contributed by atoms with Crippen LogP contribution in [0.1, 0.15) is 0 Å². The van der Waals surface area contributed by atoms with Crippen LogP contribution in [0.15, 0.2) is 23.1 Å². The molecule has 0 aliphatic heterocycles. The minimum absolute atomic E-state index is 0.208. The third-order valence-corrected chi connectivity index (χ3v) is 2.23. The molecule has 0 amide bonds. The van der Waals surface area contributed by atoms with Crippen LogP contribution in [-0.4, -0.2) is 15.2 Å². The normalized spacial score (nSPS) is 10.2. The lowest BCUT2D eigenvalue weighted by molar-refractivity contribution is 1.06. The topological polar surface area (TPSA) is 84.7 Å². The highest BCUT2D eigenvalue weighted by Gasteiger charge is 2.07. The fraction of sp³-hybridized carbons (Fsp3) is 0. The zero-order chi connectivity index (χ0) is 9.26. The molecule has 66 valence electrons. The molecular weight excluding hydrogens is 188 g/mol. The molecule has 0 radical (unpaired) electrons. The number of hydrogen-bond acceptors (Lipinski definition) is 5. The van der Waals surface area contributed by atoms with E-state index in [1.807, 2.05) is 0 Å². The summed E-state index contributed by atoms with van der Waals surface area (Å²) in [4.78, 5) is 14.6. The zero-order valence-electron chi connectivity index (χ0n) is 6.52. The number of nitrogen functional groups attached to an aromatic ring is 1. The van der Waals surface area contributed by atoms with Gasteiger partial charge in [0.1, 0.15) is 5.69 Å². The van der Waals surface area contributed by atoms with E-state index in [1.165, 1.54) is 0 Å². The second kappa shape index (κ2) is 2.98. The summed E-state index contributed by atoms with van der Waals surface area (Å²) < 4.78 is 0. The average molecular weight is 194 g/mol. The highest BCUT2D eigenvalue weighted by molar-refractivity contribution is 7.12. The second-order valence-electron chi connectivity index (χ2n) is 2.36. The minimum atomic E-state index is -0.208. The van der Waals surface area contributed by atoms with Crippen molar-refractivity contribution in [1.82, 2.24) is 15.2 Å². The fourth-order valence-corrected chi connectivity index (χ4v) is 1.55. The maximum absolute atomic E-state index is 10.8. The minimum Gasteiger partial charge on any atom is -0.397 e. The summed E-state index contributed by atoms with van der Waals surface area (Å²) in [6.07, 6.45) is 1.61. The van der Waals surface area contributed by atoms with Gasteiger partial charge in [0, 0.05) is 6.20 Å². The van der Waals surface area contributed by atoms with Gasteiger partial charge in [-0.25, -0.2) is 5.10 Å². The predicted molar refractivity (Wildman–Crippen MR) is 50.4 cm³/mol. The molecule has 2 aromatic rings. The first-order chi connectivity index (χ1) is 6.27. The third kappa shape index (κ3) is 1.43. The van der Waals surface area contributed by atoms with Gasteiger partial charge in [-0.3, -0.25) is 9.78 Å². The van der Waals surface area contributed by atoms with Crippen molar-refractivity contribution in [2.75, 3.05) is 5.73 Å². The summed E-state index contributed by atoms with van der Waals surface area (Å²) in [6.45, 7) is 0. The number of aromatic amines is 1. The molecule has 0 aliphatic carbocycles. The molecule has 3 N–H and O–H groups in total. The largest absolute Gasteiger partial charge is 0.397 e. The summed E-state index contributed by atoms with van der Waals surface area (Å²) in [5.74, 6) is 0. The molecule has 2 rings (SSSR count). The van der Waals surface area contributed by atoms with Gasteiger partial charge in [-0.05, 0) is 12.1 Å². The zero-order valence-corrected chi connectivity index (χ0v) is 7.34. The molecule has 2 heterocycles. The number of aromatic nitrogens is 3. The number of nitrogens with two attached hydrogens (primary N) is 1. The lowest BCUT2D eigenvalue weighted by atomic mass is 10.3. The van der Waals surface area contributed by atoms with Crippen molar-refractivity contribution >= 4 is 17.0 Å². The molecule has 0 unspecified atom stereocenters. The molecule has 2 aromatic heterocycles. The summed E-state index contributed by atoms with van der Waals surface area (Å²) in [6, 6.07) is 3.45. The fourth-order valence-electron chi connectivity index (χ4n) is 0.928. The van der Waals surface area contributed by atoms with Gasteiger partial charge in [0.05, 0.1) is 5.69 Å². The number of hydrogen-bond donors (Lipinski definition) is 2. The van der Waals surface area contributed by atoms with Crippen LogP contribution in [0.25, 0.3) is 10.7 Å². The highest BCUT2D eigenvalue weighted by Crippen LogP contribution is 2.21. The Kier molecular flexibility index (Phi) is 1.82. The van der Waals surface area contributed by atoms with E-state index in [1.54, 1.807) is 18.3 Å². The monoisotopic (exact) mass is 194 g/mol. The van der Waals surface area contributed by atoms with Gasteiger partial charge < -0.3 is 5.73 Å². The second-order valence-corrected chi connectivity index (χ2v) is 3.32. The molecular formula is C7H6N4OS. The molecule has 0 spiro atoms. The van der Waals surface area contributed by atoms with Gasteiger partial charge in [0.25, 0.3) is 0 Å². The Morgan fingerprint density at radius 1 is 1.54 bits per heavy atom. The van der Waals surface area contributed by atoms with Gasteiger partial charge in [-0.1, -0.05) is 11.3 Å². The summed E-state index contributed by atoms with van der Waals surface area (Å²) in [7, 11) is 0. The van der Waals surface area contributed by atoms with Gasteiger partial charge >= 0.3 is 4.87 Å². The maximum Gasteiger partial charge on any atom is 0.322 e. The number of rotatable bonds is 1. The van der Waals surface area contributed by atoms with E-state index >= 15 is 0 Å². The predicted octanol–water partition coefficient (Wildman–Crippen LogP) is 0.476. The lowest BCUT2D eigenvalue weighted by Gasteiger charge is -1.97. The Morgan fingerprint density at radius 2 is 2.38 bits per heavy atom. The number of H-pyrrole nitrogens is 1. The third-order valence-electron chi connectivity index (χ3n) is 1.48. The molecule has 13 heavy (non-hydrogen) atoms. The quantitative estimate of drug-likeness (QED) is 0.691. The van der Waals surface area contributed by atoms with Crippen molar-refractivity contribution in [2.45, 2.75) is 0 Å². The van der Waals surface area contributed by atoms with E-state index in [9.17, 15) is 4.79 Å². The van der Waals surface area contributed by atoms with E-state index in [-0.39, 0.29) is 4.87 Å². The van der Waals surface area contributed by atoms with E-state index < -0.39 is 0 Å². The first-order valence-corrected chi connectivity index (χ1v) is 4.35. The van der Waals surface area contributed by atoms with Crippen molar-refractivity contribution in [2.24, 2.45) is 0 Å². The number of nitrogens with zero attached hydrogens (tertiary/aromatic N) is 2. The maximum atomic E-state index is 10.8. The number of pyridine rings is 1. The van der Waals surface area contributed by atoms with Crippen LogP contribution in [0.4, 0.5) is 5.69 Å². The van der Waals surface area contributed by atoms with Gasteiger partial charge in [-0.15, -0.1) is 0 Å². The molecule has 6 heteroatoms. The Labute approximate surface area is 77.3 Å². The van der Waals surface area contributed by atoms with Crippen LogP contribution in [0.3, 0.4) is 0 Å². The van der Waals surface area contributed by atoms with Crippen molar-refractivity contribution in [3.05, 3.63) is 28.0 Å². The van der Waals surface area contributed by atoms with Crippen LogP contribution >= 0.6 is 11.3 Å². The first kappa shape index (κ1) is 7.93. The van der Waals surface area contributed by atoms with Crippen LogP contribution in [0, 0.1) is 0 Å². The number of anilines is 1. The summed E-state index contributed by atoms with van der Waals surface area (Å²) >= 11 is 0.990. The standard InChI is InChI=1S/C7H6N4OS/c8-4-2-1-3-9-5(4)6-10-11-7(12)13-6/h1-3H,8H2,(H,11,12). The lowest BCUT2D eigenvalue weighted by Crippen LogP contribution is -1.91. The first-order valence-electron chi connectivity index (χ1n) is 3.54. The van der Waals surface area contributed by atoms with Crippen molar-refractivity contribution < 1.29 is 0 Å². The summed E-state index contributed by atoms with van der Waals surface area (Å²) in [5.41, 5.74) is 6.72. The molecule has 0 aliphatic rings. The SMILES string of the molecule is Nc1cccnc1-c1n[nH]c(=O)s1. The highest BCUT2D eigenvalue weighted by atomic mass is 32.1. The molecule has 0 aromatic carbocycles. The van der Waals surface area contributed by atoms with E-state index in [2.05, 4.69) is 15.2 Å². The molecule has 0 fully saturated rings. The Morgan fingerprint density at radius 3 is 3.00 bits per heavy atom. The summed E-state index contributed by atoms with van der Waals surface area (Å²) in [5, 5.41) is 6.61. The molecule has 0 bridgehead atoms. The van der Waals surface area contributed by atoms with Gasteiger partial charge in [-0.2, -0.15) is 5.10 Å². The Balaban J connectivity index is 2.58. The van der Waals surface area contributed by atoms with Crippen molar-refractivity contribution in [1.29, 1.82) is 0 Å². The Bertz CT molecular complexity index is 475. The van der Waals surface area contributed by atoms with Crippen molar-refractivity contribution in [3.63, 3.8) is 0 Å². The smallest absolute Gasteiger partial charge is 0.322 e. The molecule has 0 atom stereocenters. The van der Waals surface area contributed by atoms with E-state index in [4.69, 9.17) is 5.73 Å². The molecule has 0 saturated carbocycles. The van der Waals surface area contributed by atoms with E-state index in [0.29, 0.717) is 16.4 Å². The van der Waals surface area contributed by atoms with Gasteiger partial charge in [0.15, 0.2) is 5.01 Å².